The van der Waals surface area contributed by atoms with Gasteiger partial charge in [0.1, 0.15) is 0 Å². The van der Waals surface area contributed by atoms with Gasteiger partial charge in [0.05, 0.1) is 7.11 Å². The molecule has 1 aliphatic heterocycles. The van der Waals surface area contributed by atoms with Gasteiger partial charge in [0.2, 0.25) is 0 Å². The summed E-state index contributed by atoms with van der Waals surface area (Å²) in [7, 11) is 1.46. The number of esters is 1. The quantitative estimate of drug-likeness (QED) is 0.129. The van der Waals surface area contributed by atoms with Gasteiger partial charge >= 0.3 is 5.97 Å². The molecule has 0 aromatic rings. The zero-order valence-corrected chi connectivity index (χ0v) is 19.0. The lowest BCUT2D eigenvalue weighted by Crippen LogP contribution is -2.22. The minimum atomic E-state index is -0.0770. The molecule has 0 aromatic heterocycles. The van der Waals surface area contributed by atoms with E-state index in [4.69, 9.17) is 9.47 Å². The van der Waals surface area contributed by atoms with Gasteiger partial charge in [-0.05, 0) is 57.8 Å². The van der Waals surface area contributed by atoms with Crippen molar-refractivity contribution < 1.29 is 19.0 Å². The predicted molar refractivity (Wildman–Crippen MR) is 120 cm³/mol. The molecule has 0 saturated carbocycles. The Kier molecular flexibility index (Phi) is 18.4. The van der Waals surface area contributed by atoms with Gasteiger partial charge in [0.25, 0.3) is 0 Å². The lowest BCUT2D eigenvalue weighted by molar-refractivity contribution is -0.162. The Labute approximate surface area is 179 Å². The highest BCUT2D eigenvalue weighted by atomic mass is 16.7. The maximum Gasteiger partial charge on any atom is 0.305 e. The molecule has 0 aliphatic carbocycles. The van der Waals surface area contributed by atoms with E-state index >= 15 is 0 Å². The maximum atomic E-state index is 11.0. The summed E-state index contributed by atoms with van der Waals surface area (Å²) in [4.78, 5) is 11.0. The van der Waals surface area contributed by atoms with E-state index in [2.05, 4.69) is 16.9 Å². The minimum Gasteiger partial charge on any atom is -0.469 e. The van der Waals surface area contributed by atoms with Gasteiger partial charge in [0.15, 0.2) is 6.29 Å². The first kappa shape index (κ1) is 26.2. The number of ether oxygens (including phenoxy) is 3. The normalized spacial score (nSPS) is 17.1. The van der Waals surface area contributed by atoms with Crippen molar-refractivity contribution in [1.29, 1.82) is 0 Å². The van der Waals surface area contributed by atoms with Crippen LogP contribution in [-0.4, -0.2) is 32.6 Å². The largest absolute Gasteiger partial charge is 0.469 e. The number of hydrogen-bond acceptors (Lipinski definition) is 4. The average Bonchev–Trinajstić information content (AvgIpc) is 2.75. The number of carbonyl (C=O) groups excluding carboxylic acids is 1. The highest BCUT2D eigenvalue weighted by Crippen LogP contribution is 2.15. The maximum absolute atomic E-state index is 11.0. The van der Waals surface area contributed by atoms with Crippen LogP contribution in [-0.2, 0) is 19.0 Å². The van der Waals surface area contributed by atoms with Gasteiger partial charge < -0.3 is 14.2 Å². The molecule has 1 heterocycles. The fourth-order valence-corrected chi connectivity index (χ4v) is 3.71. The van der Waals surface area contributed by atoms with Crippen molar-refractivity contribution in [3.63, 3.8) is 0 Å². The molecule has 1 saturated heterocycles. The molecule has 0 spiro atoms. The summed E-state index contributed by atoms with van der Waals surface area (Å²) in [5.41, 5.74) is 0. The molecule has 0 N–H and O–H groups in total. The van der Waals surface area contributed by atoms with Gasteiger partial charge in [-0.15, -0.1) is 0 Å². The van der Waals surface area contributed by atoms with E-state index in [-0.39, 0.29) is 12.3 Å². The highest BCUT2D eigenvalue weighted by molar-refractivity contribution is 5.68. The van der Waals surface area contributed by atoms with Crippen molar-refractivity contribution in [2.45, 2.75) is 122 Å². The molecule has 1 unspecified atom stereocenters. The molecule has 29 heavy (non-hydrogen) atoms. The van der Waals surface area contributed by atoms with Gasteiger partial charge in [0, 0.05) is 19.6 Å². The van der Waals surface area contributed by atoms with Gasteiger partial charge in [-0.1, -0.05) is 63.5 Å². The smallest absolute Gasteiger partial charge is 0.305 e. The second-order valence-electron chi connectivity index (χ2n) is 8.28. The van der Waals surface area contributed by atoms with Crippen LogP contribution in [0.1, 0.15) is 116 Å². The number of allylic oxidation sites excluding steroid dienone is 2. The van der Waals surface area contributed by atoms with E-state index in [1.54, 1.807) is 0 Å². The highest BCUT2D eigenvalue weighted by Gasteiger charge is 2.13. The first-order chi connectivity index (χ1) is 14.3. The number of carbonyl (C=O) groups is 1. The van der Waals surface area contributed by atoms with Crippen molar-refractivity contribution in [3.05, 3.63) is 12.2 Å². The third kappa shape index (κ3) is 17.7. The summed E-state index contributed by atoms with van der Waals surface area (Å²) in [5, 5.41) is 0. The zero-order valence-electron chi connectivity index (χ0n) is 19.0. The van der Waals surface area contributed by atoms with Crippen molar-refractivity contribution in [2.75, 3.05) is 20.3 Å². The Bertz CT molecular complexity index is 388. The van der Waals surface area contributed by atoms with E-state index < -0.39 is 0 Å². The van der Waals surface area contributed by atoms with E-state index in [1.165, 1.54) is 97.0 Å². The Morgan fingerprint density at radius 2 is 1.41 bits per heavy atom. The Hall–Kier alpha value is -0.870. The third-order valence-electron chi connectivity index (χ3n) is 5.60. The molecule has 1 fully saturated rings. The van der Waals surface area contributed by atoms with Crippen LogP contribution in [0, 0.1) is 0 Å². The molecule has 4 heteroatoms. The van der Waals surface area contributed by atoms with Crippen LogP contribution < -0.4 is 0 Å². The van der Waals surface area contributed by atoms with E-state index in [1.807, 2.05) is 0 Å². The van der Waals surface area contributed by atoms with Crippen LogP contribution in [0.5, 0.6) is 0 Å². The number of hydrogen-bond donors (Lipinski definition) is 0. The summed E-state index contributed by atoms with van der Waals surface area (Å²) < 4.78 is 16.0. The van der Waals surface area contributed by atoms with Crippen LogP contribution in [0.3, 0.4) is 0 Å². The molecule has 4 nitrogen and oxygen atoms in total. The molecular weight excluding hydrogens is 364 g/mol. The summed E-state index contributed by atoms with van der Waals surface area (Å²) in [5.74, 6) is -0.0770. The fraction of sp³-hybridized carbons (Fsp3) is 0.880. The lowest BCUT2D eigenvalue weighted by atomic mass is 10.1. The van der Waals surface area contributed by atoms with Crippen LogP contribution in [0.2, 0.25) is 0 Å². The lowest BCUT2D eigenvalue weighted by Gasteiger charge is -2.22. The van der Waals surface area contributed by atoms with E-state index in [9.17, 15) is 4.79 Å². The monoisotopic (exact) mass is 410 g/mol. The summed E-state index contributed by atoms with van der Waals surface area (Å²) in [6.07, 6.45) is 26.4. The van der Waals surface area contributed by atoms with Gasteiger partial charge in [-0.3, -0.25) is 4.79 Å². The predicted octanol–water partition coefficient (Wildman–Crippen LogP) is 7.11. The molecule has 1 aliphatic rings. The fourth-order valence-electron chi connectivity index (χ4n) is 3.71. The van der Waals surface area contributed by atoms with E-state index in [0.29, 0.717) is 6.42 Å². The molecule has 1 atom stereocenters. The topological polar surface area (TPSA) is 44.8 Å². The Morgan fingerprint density at radius 3 is 2.00 bits per heavy atom. The molecule has 1 rings (SSSR count). The molecule has 170 valence electrons. The number of rotatable bonds is 19. The van der Waals surface area contributed by atoms with Crippen LogP contribution in [0.4, 0.5) is 0 Å². The first-order valence-electron chi connectivity index (χ1n) is 12.3. The Morgan fingerprint density at radius 1 is 0.828 bits per heavy atom. The van der Waals surface area contributed by atoms with Gasteiger partial charge in [-0.25, -0.2) is 0 Å². The van der Waals surface area contributed by atoms with Crippen molar-refractivity contribution >= 4 is 5.97 Å². The third-order valence-corrected chi connectivity index (χ3v) is 5.60. The Balaban J connectivity index is 1.70. The van der Waals surface area contributed by atoms with E-state index in [0.717, 1.165) is 32.5 Å². The standard InChI is InChI=1S/C25H46O4/c1-27-24(26)20-16-14-12-10-8-6-4-2-3-5-7-9-11-13-15-18-22-28-25-21-17-19-23-29-25/h3,5,25H,2,4,6-23H2,1H3/b5-3-. The van der Waals surface area contributed by atoms with Crippen molar-refractivity contribution in [3.8, 4) is 0 Å². The SMILES string of the molecule is COC(=O)CCCCCCCCC/C=C\CCCCCCCOC1CCCCO1. The van der Waals surface area contributed by atoms with Crippen LogP contribution >= 0.6 is 0 Å². The molecule has 0 aromatic carbocycles. The molecule has 0 bridgehead atoms. The second kappa shape index (κ2) is 20.4. The second-order valence-corrected chi connectivity index (χ2v) is 8.28. The molecular formula is C25H46O4. The van der Waals surface area contributed by atoms with Crippen LogP contribution in [0.15, 0.2) is 12.2 Å². The molecule has 0 radical (unpaired) electrons. The summed E-state index contributed by atoms with van der Waals surface area (Å²) in [6, 6.07) is 0. The number of unbranched alkanes of at least 4 members (excludes halogenated alkanes) is 12. The number of methoxy groups -OCH3 is 1. The van der Waals surface area contributed by atoms with Crippen molar-refractivity contribution in [1.82, 2.24) is 0 Å². The zero-order chi connectivity index (χ0) is 20.8. The van der Waals surface area contributed by atoms with Gasteiger partial charge in [-0.2, -0.15) is 0 Å². The minimum absolute atomic E-state index is 0.0759. The van der Waals surface area contributed by atoms with Crippen LogP contribution in [0.25, 0.3) is 0 Å². The average molecular weight is 411 g/mol. The van der Waals surface area contributed by atoms with Crippen molar-refractivity contribution in [2.24, 2.45) is 0 Å². The first-order valence-corrected chi connectivity index (χ1v) is 12.3. The molecule has 0 amide bonds. The summed E-state index contributed by atoms with van der Waals surface area (Å²) >= 11 is 0. The summed E-state index contributed by atoms with van der Waals surface area (Å²) in [6.45, 7) is 1.73.